The molecule has 2 saturated carbocycles. The quantitative estimate of drug-likeness (QED) is 0.407. The largest absolute Gasteiger partial charge is 0.393 e. The Bertz CT molecular complexity index is 720. The third kappa shape index (κ3) is 3.58. The molecule has 4 aliphatic carbocycles. The SMILES string of the molecule is CCC(CCC(C)C1CCC2(C)C3=C(CCC12C)C1(C)CCC(O)C(C)C1CC3)C(C)C. The van der Waals surface area contributed by atoms with E-state index in [0.29, 0.717) is 28.1 Å². The molecule has 32 heavy (non-hydrogen) atoms. The maximum atomic E-state index is 10.6. The number of hydrogen-bond donors (Lipinski definition) is 1. The average Bonchev–Trinajstić information content (AvgIpc) is 3.02. The van der Waals surface area contributed by atoms with Gasteiger partial charge in [0.05, 0.1) is 6.10 Å². The molecule has 1 heteroatoms. The van der Waals surface area contributed by atoms with Crippen LogP contribution in [0.5, 0.6) is 0 Å². The lowest BCUT2D eigenvalue weighted by molar-refractivity contribution is -0.0414. The predicted octanol–water partition coefficient (Wildman–Crippen LogP) is 8.81. The standard InChI is InChI=1S/C31H54O/c1-9-23(20(2)3)11-10-21(4)24-14-18-31(8)27-13-12-25-22(5)28(32)16-17-29(25,6)26(27)15-19-30(24,31)7/h20-25,28,32H,9-19H2,1-8H3. The summed E-state index contributed by atoms with van der Waals surface area (Å²) in [6.07, 6.45) is 14.5. The summed E-state index contributed by atoms with van der Waals surface area (Å²) in [5, 5.41) is 10.6. The van der Waals surface area contributed by atoms with Gasteiger partial charge in [-0.3, -0.25) is 0 Å². The van der Waals surface area contributed by atoms with Crippen LogP contribution in [0.4, 0.5) is 0 Å². The Hall–Kier alpha value is -0.300. The second-order valence-electron chi connectivity index (χ2n) is 13.8. The van der Waals surface area contributed by atoms with Gasteiger partial charge in [-0.1, -0.05) is 79.4 Å². The maximum absolute atomic E-state index is 10.6. The van der Waals surface area contributed by atoms with Crippen molar-refractivity contribution in [3.05, 3.63) is 11.1 Å². The Balaban J connectivity index is 1.58. The number of aliphatic hydroxyl groups is 1. The van der Waals surface area contributed by atoms with Crippen molar-refractivity contribution in [1.82, 2.24) is 0 Å². The molecule has 0 aromatic heterocycles. The zero-order valence-electron chi connectivity index (χ0n) is 22.8. The van der Waals surface area contributed by atoms with E-state index >= 15 is 0 Å². The Kier molecular flexibility index (Phi) is 6.77. The molecule has 0 aromatic rings. The Morgan fingerprint density at radius 2 is 1.62 bits per heavy atom. The van der Waals surface area contributed by atoms with Crippen molar-refractivity contribution in [1.29, 1.82) is 0 Å². The number of allylic oxidation sites excluding steroid dienone is 2. The van der Waals surface area contributed by atoms with Gasteiger partial charge in [0.15, 0.2) is 0 Å². The Morgan fingerprint density at radius 1 is 0.906 bits per heavy atom. The molecule has 0 saturated heterocycles. The molecule has 2 fully saturated rings. The number of hydrogen-bond acceptors (Lipinski definition) is 1. The van der Waals surface area contributed by atoms with E-state index in [1.165, 1.54) is 64.2 Å². The van der Waals surface area contributed by atoms with Crippen LogP contribution >= 0.6 is 0 Å². The fourth-order valence-corrected chi connectivity index (χ4v) is 9.94. The summed E-state index contributed by atoms with van der Waals surface area (Å²) in [6, 6.07) is 0. The van der Waals surface area contributed by atoms with Crippen LogP contribution in [0.1, 0.15) is 126 Å². The summed E-state index contributed by atoms with van der Waals surface area (Å²) in [7, 11) is 0. The fourth-order valence-electron chi connectivity index (χ4n) is 9.94. The van der Waals surface area contributed by atoms with Crippen molar-refractivity contribution in [3.8, 4) is 0 Å². The van der Waals surface area contributed by atoms with Crippen LogP contribution in [0.2, 0.25) is 0 Å². The first-order valence-electron chi connectivity index (χ1n) is 14.4. The zero-order chi connectivity index (χ0) is 23.5. The third-order valence-electron chi connectivity index (χ3n) is 12.5. The molecular weight excluding hydrogens is 388 g/mol. The molecule has 4 rings (SSSR count). The first-order chi connectivity index (χ1) is 15.0. The highest BCUT2D eigenvalue weighted by Gasteiger charge is 2.62. The molecule has 1 N–H and O–H groups in total. The number of aliphatic hydroxyl groups excluding tert-OH is 1. The lowest BCUT2D eigenvalue weighted by atomic mass is 9.45. The van der Waals surface area contributed by atoms with Crippen LogP contribution in [-0.4, -0.2) is 11.2 Å². The maximum Gasteiger partial charge on any atom is 0.0569 e. The normalized spacial score (nSPS) is 45.9. The summed E-state index contributed by atoms with van der Waals surface area (Å²) in [5.41, 5.74) is 5.01. The van der Waals surface area contributed by atoms with Gasteiger partial charge in [-0.2, -0.15) is 0 Å². The molecule has 4 aliphatic rings. The smallest absolute Gasteiger partial charge is 0.0569 e. The van der Waals surface area contributed by atoms with Crippen molar-refractivity contribution >= 4 is 0 Å². The molecule has 9 unspecified atom stereocenters. The van der Waals surface area contributed by atoms with Crippen molar-refractivity contribution in [2.75, 3.05) is 0 Å². The molecule has 184 valence electrons. The minimum atomic E-state index is -0.0748. The van der Waals surface area contributed by atoms with Gasteiger partial charge in [0.2, 0.25) is 0 Å². The van der Waals surface area contributed by atoms with E-state index in [2.05, 4.69) is 55.4 Å². The van der Waals surface area contributed by atoms with E-state index in [0.717, 1.165) is 30.1 Å². The minimum Gasteiger partial charge on any atom is -0.393 e. The molecule has 0 radical (unpaired) electrons. The number of rotatable bonds is 6. The fraction of sp³-hybridized carbons (Fsp3) is 0.935. The third-order valence-corrected chi connectivity index (χ3v) is 12.5. The first-order valence-corrected chi connectivity index (χ1v) is 14.4. The topological polar surface area (TPSA) is 20.2 Å². The predicted molar refractivity (Wildman–Crippen MR) is 137 cm³/mol. The molecule has 0 aliphatic heterocycles. The summed E-state index contributed by atoms with van der Waals surface area (Å²) in [5.74, 6) is 4.63. The Morgan fingerprint density at radius 3 is 2.28 bits per heavy atom. The summed E-state index contributed by atoms with van der Waals surface area (Å²) >= 11 is 0. The van der Waals surface area contributed by atoms with Gasteiger partial charge in [-0.15, -0.1) is 0 Å². The van der Waals surface area contributed by atoms with Crippen LogP contribution in [-0.2, 0) is 0 Å². The number of fused-ring (bicyclic) bond motifs is 4. The lowest BCUT2D eigenvalue weighted by Gasteiger charge is -2.60. The van der Waals surface area contributed by atoms with E-state index < -0.39 is 0 Å². The first kappa shape index (κ1) is 24.8. The van der Waals surface area contributed by atoms with E-state index in [9.17, 15) is 5.11 Å². The van der Waals surface area contributed by atoms with E-state index in [-0.39, 0.29) is 6.10 Å². The molecule has 0 aromatic carbocycles. The van der Waals surface area contributed by atoms with E-state index in [1.54, 1.807) is 0 Å². The molecule has 0 bridgehead atoms. The van der Waals surface area contributed by atoms with Crippen LogP contribution in [0.25, 0.3) is 0 Å². The van der Waals surface area contributed by atoms with Gasteiger partial charge in [-0.05, 0) is 110 Å². The van der Waals surface area contributed by atoms with Gasteiger partial charge in [0.25, 0.3) is 0 Å². The molecule has 0 amide bonds. The lowest BCUT2D eigenvalue weighted by Crippen LogP contribution is -2.51. The van der Waals surface area contributed by atoms with E-state index in [4.69, 9.17) is 0 Å². The second-order valence-corrected chi connectivity index (χ2v) is 13.8. The summed E-state index contributed by atoms with van der Waals surface area (Å²) < 4.78 is 0. The molecule has 0 spiro atoms. The Labute approximate surface area is 200 Å². The molecule has 9 atom stereocenters. The molecular formula is C31H54O. The molecule has 1 nitrogen and oxygen atoms in total. The van der Waals surface area contributed by atoms with Gasteiger partial charge < -0.3 is 5.11 Å². The highest BCUT2D eigenvalue weighted by Crippen LogP contribution is 2.71. The van der Waals surface area contributed by atoms with Gasteiger partial charge in [0, 0.05) is 0 Å². The van der Waals surface area contributed by atoms with Gasteiger partial charge in [0.1, 0.15) is 0 Å². The summed E-state index contributed by atoms with van der Waals surface area (Å²) in [4.78, 5) is 0. The van der Waals surface area contributed by atoms with E-state index in [1.807, 2.05) is 11.1 Å². The van der Waals surface area contributed by atoms with Crippen LogP contribution in [0.3, 0.4) is 0 Å². The van der Waals surface area contributed by atoms with Crippen molar-refractivity contribution < 1.29 is 5.11 Å². The highest BCUT2D eigenvalue weighted by atomic mass is 16.3. The van der Waals surface area contributed by atoms with Crippen LogP contribution in [0.15, 0.2) is 11.1 Å². The van der Waals surface area contributed by atoms with Crippen LogP contribution < -0.4 is 0 Å². The highest BCUT2D eigenvalue weighted by molar-refractivity contribution is 5.38. The van der Waals surface area contributed by atoms with Gasteiger partial charge >= 0.3 is 0 Å². The van der Waals surface area contributed by atoms with Crippen molar-refractivity contribution in [2.45, 2.75) is 132 Å². The molecule has 0 heterocycles. The monoisotopic (exact) mass is 442 g/mol. The second kappa shape index (κ2) is 8.73. The minimum absolute atomic E-state index is 0.0748. The average molecular weight is 443 g/mol. The summed E-state index contributed by atoms with van der Waals surface area (Å²) in [6.45, 7) is 20.1. The van der Waals surface area contributed by atoms with Gasteiger partial charge in [-0.25, -0.2) is 0 Å². The zero-order valence-corrected chi connectivity index (χ0v) is 22.8. The van der Waals surface area contributed by atoms with Crippen molar-refractivity contribution in [2.24, 2.45) is 51.8 Å². The van der Waals surface area contributed by atoms with Crippen molar-refractivity contribution in [3.63, 3.8) is 0 Å². The van der Waals surface area contributed by atoms with Crippen LogP contribution in [0, 0.1) is 51.8 Å².